The summed E-state index contributed by atoms with van der Waals surface area (Å²) in [4.78, 5) is 28.4. The first-order chi connectivity index (χ1) is 14.9. The lowest BCUT2D eigenvalue weighted by atomic mass is 10.1. The van der Waals surface area contributed by atoms with E-state index in [2.05, 4.69) is 5.10 Å². The van der Waals surface area contributed by atoms with Gasteiger partial charge in [-0.15, -0.1) is 0 Å². The van der Waals surface area contributed by atoms with Crippen LogP contribution in [0.2, 0.25) is 0 Å². The second-order valence-electron chi connectivity index (χ2n) is 8.15. The van der Waals surface area contributed by atoms with Gasteiger partial charge in [-0.2, -0.15) is 5.10 Å². The number of amides is 1. The van der Waals surface area contributed by atoms with Gasteiger partial charge in [0, 0.05) is 31.0 Å². The van der Waals surface area contributed by atoms with Crippen LogP contribution in [0.25, 0.3) is 5.69 Å². The zero-order valence-corrected chi connectivity index (χ0v) is 17.8. The highest BCUT2D eigenvalue weighted by molar-refractivity contribution is 5.95. The maximum absolute atomic E-state index is 13.4. The molecule has 0 spiro atoms. The van der Waals surface area contributed by atoms with E-state index in [0.717, 1.165) is 17.8 Å². The molecule has 1 atom stereocenters. The zero-order valence-electron chi connectivity index (χ0n) is 17.8. The first-order valence-corrected chi connectivity index (χ1v) is 10.4. The number of nitrogens with zero attached hydrogens (tertiary/aromatic N) is 4. The lowest BCUT2D eigenvalue weighted by Crippen LogP contribution is -2.36. The van der Waals surface area contributed by atoms with Crippen LogP contribution in [0, 0.1) is 20.8 Å². The fourth-order valence-corrected chi connectivity index (χ4v) is 4.42. The Kier molecular flexibility index (Phi) is 4.57. The summed E-state index contributed by atoms with van der Waals surface area (Å²) < 4.78 is 14.2. The Hall–Kier alpha value is -3.55. The Morgan fingerprint density at radius 2 is 1.90 bits per heavy atom. The van der Waals surface area contributed by atoms with Crippen molar-refractivity contribution in [3.05, 3.63) is 69.4 Å². The molecule has 160 valence electrons. The molecule has 1 amide bonds. The van der Waals surface area contributed by atoms with E-state index < -0.39 is 0 Å². The van der Waals surface area contributed by atoms with Crippen LogP contribution in [0.4, 0.5) is 0 Å². The van der Waals surface area contributed by atoms with Crippen LogP contribution < -0.4 is 15.0 Å². The van der Waals surface area contributed by atoms with E-state index in [4.69, 9.17) is 9.47 Å². The summed E-state index contributed by atoms with van der Waals surface area (Å²) in [5.41, 5.74) is 3.21. The first kappa shape index (κ1) is 19.4. The number of benzene rings is 1. The number of rotatable bonds is 3. The van der Waals surface area contributed by atoms with Crippen molar-refractivity contribution in [1.82, 2.24) is 19.2 Å². The highest BCUT2D eigenvalue weighted by Crippen LogP contribution is 2.33. The van der Waals surface area contributed by atoms with E-state index in [1.807, 2.05) is 24.6 Å². The molecular weight excluding hydrogens is 396 g/mol. The molecule has 0 aliphatic carbocycles. The van der Waals surface area contributed by atoms with Gasteiger partial charge in [0.15, 0.2) is 11.5 Å². The number of hydrogen-bond acceptors (Lipinski definition) is 5. The molecule has 0 radical (unpaired) electrons. The van der Waals surface area contributed by atoms with E-state index in [-0.39, 0.29) is 29.9 Å². The molecule has 8 nitrogen and oxygen atoms in total. The van der Waals surface area contributed by atoms with Gasteiger partial charge in [0.25, 0.3) is 11.5 Å². The molecule has 2 aliphatic heterocycles. The Balaban J connectivity index is 1.45. The summed E-state index contributed by atoms with van der Waals surface area (Å²) in [6.07, 6.45) is 2.50. The van der Waals surface area contributed by atoms with Crippen molar-refractivity contribution in [2.24, 2.45) is 0 Å². The van der Waals surface area contributed by atoms with Gasteiger partial charge in [0.05, 0.1) is 17.4 Å². The number of carbonyl (C=O) groups excluding carboxylic acids is 1. The predicted molar refractivity (Wildman–Crippen MR) is 114 cm³/mol. The van der Waals surface area contributed by atoms with Crippen molar-refractivity contribution in [2.75, 3.05) is 19.9 Å². The van der Waals surface area contributed by atoms with Crippen molar-refractivity contribution in [1.29, 1.82) is 0 Å². The lowest BCUT2D eigenvalue weighted by Gasteiger charge is -2.19. The molecule has 31 heavy (non-hydrogen) atoms. The predicted octanol–water partition coefficient (Wildman–Crippen LogP) is 2.78. The fraction of sp³-hybridized carbons (Fsp3) is 0.348. The third-order valence-corrected chi connectivity index (χ3v) is 5.99. The summed E-state index contributed by atoms with van der Waals surface area (Å²) in [6.45, 7) is 7.09. The molecule has 8 heteroatoms. The lowest BCUT2D eigenvalue weighted by molar-refractivity contribution is 0.0784. The van der Waals surface area contributed by atoms with Gasteiger partial charge in [-0.25, -0.2) is 0 Å². The Morgan fingerprint density at radius 1 is 1.10 bits per heavy atom. The summed E-state index contributed by atoms with van der Waals surface area (Å²) in [7, 11) is 0. The normalized spacial score (nSPS) is 17.4. The van der Waals surface area contributed by atoms with Gasteiger partial charge in [0.1, 0.15) is 5.56 Å². The Morgan fingerprint density at radius 3 is 2.68 bits per heavy atom. The van der Waals surface area contributed by atoms with E-state index in [1.165, 1.54) is 4.57 Å². The van der Waals surface area contributed by atoms with Crippen LogP contribution in [0.3, 0.4) is 0 Å². The number of ether oxygens (including phenoxy) is 2. The van der Waals surface area contributed by atoms with Crippen molar-refractivity contribution in [3.8, 4) is 17.2 Å². The van der Waals surface area contributed by atoms with Crippen LogP contribution in [0.15, 0.2) is 41.3 Å². The number of aryl methyl sites for hydroxylation is 3. The van der Waals surface area contributed by atoms with E-state index in [9.17, 15) is 9.59 Å². The molecule has 0 bridgehead atoms. The molecule has 1 saturated heterocycles. The molecule has 2 aliphatic rings. The number of likely N-dealkylation sites (tertiary alicyclic amines) is 1. The molecule has 1 unspecified atom stereocenters. The standard InChI is InChI=1S/C23H24N4O4/c1-14-6-9-26(17-4-5-19-20(11-17)31-13-30-19)23(29)21(14)22(28)25-8-7-18(12-25)27-16(3)10-15(2)24-27/h4-6,9-11,18H,7-8,12-13H2,1-3H3. The second-order valence-corrected chi connectivity index (χ2v) is 8.15. The van der Waals surface area contributed by atoms with E-state index in [0.29, 0.717) is 35.8 Å². The molecule has 3 aromatic rings. The topological polar surface area (TPSA) is 78.6 Å². The van der Waals surface area contributed by atoms with Crippen LogP contribution in [-0.4, -0.2) is 45.0 Å². The third kappa shape index (κ3) is 3.28. The van der Waals surface area contributed by atoms with Crippen molar-refractivity contribution >= 4 is 5.91 Å². The van der Waals surface area contributed by atoms with Crippen LogP contribution >= 0.6 is 0 Å². The van der Waals surface area contributed by atoms with Gasteiger partial charge >= 0.3 is 0 Å². The fourth-order valence-electron chi connectivity index (χ4n) is 4.42. The molecule has 1 aromatic carbocycles. The van der Waals surface area contributed by atoms with Gasteiger partial charge in [-0.3, -0.25) is 18.8 Å². The van der Waals surface area contributed by atoms with E-state index >= 15 is 0 Å². The number of pyridine rings is 1. The van der Waals surface area contributed by atoms with Gasteiger partial charge in [0.2, 0.25) is 6.79 Å². The van der Waals surface area contributed by atoms with Gasteiger partial charge < -0.3 is 14.4 Å². The maximum Gasteiger partial charge on any atom is 0.268 e. The highest BCUT2D eigenvalue weighted by Gasteiger charge is 2.31. The van der Waals surface area contributed by atoms with Gasteiger partial charge in [-0.1, -0.05) is 0 Å². The monoisotopic (exact) mass is 420 g/mol. The van der Waals surface area contributed by atoms with Crippen molar-refractivity contribution < 1.29 is 14.3 Å². The summed E-state index contributed by atoms with van der Waals surface area (Å²) >= 11 is 0. The summed E-state index contributed by atoms with van der Waals surface area (Å²) in [6, 6.07) is 9.27. The minimum atomic E-state index is -0.335. The number of fused-ring (bicyclic) bond motifs is 1. The quantitative estimate of drug-likeness (QED) is 0.651. The smallest absolute Gasteiger partial charge is 0.268 e. The third-order valence-electron chi connectivity index (χ3n) is 5.99. The van der Waals surface area contributed by atoms with Crippen molar-refractivity contribution in [3.63, 3.8) is 0 Å². The van der Waals surface area contributed by atoms with Crippen LogP contribution in [0.5, 0.6) is 11.5 Å². The molecule has 5 rings (SSSR count). The molecule has 1 fully saturated rings. The van der Waals surface area contributed by atoms with E-state index in [1.54, 1.807) is 42.3 Å². The Bertz CT molecular complexity index is 1240. The SMILES string of the molecule is Cc1cc(C)n(C2CCN(C(=O)c3c(C)ccn(-c4ccc5c(c4)OCO5)c3=O)C2)n1. The molecule has 0 N–H and O–H groups in total. The molecular formula is C23H24N4O4. The zero-order chi connectivity index (χ0) is 21.7. The molecule has 4 heterocycles. The first-order valence-electron chi connectivity index (χ1n) is 10.4. The van der Waals surface area contributed by atoms with Crippen molar-refractivity contribution in [2.45, 2.75) is 33.2 Å². The second kappa shape index (κ2) is 7.30. The van der Waals surface area contributed by atoms with Crippen LogP contribution in [-0.2, 0) is 0 Å². The summed E-state index contributed by atoms with van der Waals surface area (Å²) in [5, 5.41) is 4.57. The minimum Gasteiger partial charge on any atom is -0.454 e. The molecule has 0 saturated carbocycles. The number of aromatic nitrogens is 3. The van der Waals surface area contributed by atoms with Crippen LogP contribution in [0.1, 0.15) is 39.8 Å². The minimum absolute atomic E-state index is 0.123. The maximum atomic E-state index is 13.4. The van der Waals surface area contributed by atoms with Gasteiger partial charge in [-0.05, 0) is 57.0 Å². The largest absolute Gasteiger partial charge is 0.454 e. The summed E-state index contributed by atoms with van der Waals surface area (Å²) in [5.74, 6) is 0.999. The number of hydrogen-bond donors (Lipinski definition) is 0. The average Bonchev–Trinajstić information content (AvgIpc) is 3.47. The Labute approximate surface area is 179 Å². The number of carbonyl (C=O) groups is 1. The highest BCUT2D eigenvalue weighted by atomic mass is 16.7. The average molecular weight is 420 g/mol. The molecule has 2 aromatic heterocycles.